The van der Waals surface area contributed by atoms with Crippen molar-refractivity contribution in [2.45, 2.75) is 39.0 Å². The van der Waals surface area contributed by atoms with E-state index in [9.17, 15) is 4.79 Å². The SMILES string of the molecule is CCCCCCCOc1ccc(NC(=O)CNc2ccc(I)cc2)cc1. The molecule has 4 nitrogen and oxygen atoms in total. The highest BCUT2D eigenvalue weighted by molar-refractivity contribution is 14.1. The van der Waals surface area contributed by atoms with Crippen molar-refractivity contribution in [2.24, 2.45) is 0 Å². The van der Waals surface area contributed by atoms with E-state index in [4.69, 9.17) is 4.74 Å². The van der Waals surface area contributed by atoms with Crippen molar-refractivity contribution in [3.05, 3.63) is 52.1 Å². The molecule has 26 heavy (non-hydrogen) atoms. The number of rotatable bonds is 11. The normalized spacial score (nSPS) is 10.4. The molecule has 2 rings (SSSR count). The van der Waals surface area contributed by atoms with Crippen LogP contribution < -0.4 is 15.4 Å². The maximum absolute atomic E-state index is 12.0. The van der Waals surface area contributed by atoms with Crippen molar-refractivity contribution in [3.8, 4) is 5.75 Å². The summed E-state index contributed by atoms with van der Waals surface area (Å²) in [5.41, 5.74) is 1.71. The van der Waals surface area contributed by atoms with Gasteiger partial charge in [-0.15, -0.1) is 0 Å². The number of amides is 1. The monoisotopic (exact) mass is 466 g/mol. The molecule has 5 heteroatoms. The Kier molecular flexibility index (Phi) is 9.31. The van der Waals surface area contributed by atoms with E-state index in [0.29, 0.717) is 0 Å². The summed E-state index contributed by atoms with van der Waals surface area (Å²) >= 11 is 2.25. The smallest absolute Gasteiger partial charge is 0.243 e. The molecule has 0 saturated heterocycles. The second-order valence-corrected chi connectivity index (χ2v) is 7.44. The van der Waals surface area contributed by atoms with Crippen LogP contribution in [-0.4, -0.2) is 19.1 Å². The lowest BCUT2D eigenvalue weighted by molar-refractivity contribution is -0.114. The van der Waals surface area contributed by atoms with Crippen molar-refractivity contribution in [1.82, 2.24) is 0 Å². The van der Waals surface area contributed by atoms with Crippen LogP contribution in [0.3, 0.4) is 0 Å². The molecule has 140 valence electrons. The van der Waals surface area contributed by atoms with Crippen LogP contribution >= 0.6 is 22.6 Å². The van der Waals surface area contributed by atoms with E-state index < -0.39 is 0 Å². The van der Waals surface area contributed by atoms with Gasteiger partial charge in [0.05, 0.1) is 13.2 Å². The fourth-order valence-corrected chi connectivity index (χ4v) is 2.84. The van der Waals surface area contributed by atoms with Gasteiger partial charge in [-0.3, -0.25) is 4.79 Å². The third-order valence-electron chi connectivity index (χ3n) is 3.95. The molecule has 0 aliphatic carbocycles. The van der Waals surface area contributed by atoms with Crippen LogP contribution in [0.5, 0.6) is 5.75 Å². The van der Waals surface area contributed by atoms with E-state index in [1.165, 1.54) is 29.3 Å². The Morgan fingerprint density at radius 2 is 1.58 bits per heavy atom. The first kappa shape index (κ1) is 20.6. The van der Waals surface area contributed by atoms with Crippen LogP contribution in [0, 0.1) is 3.57 Å². The van der Waals surface area contributed by atoms with Gasteiger partial charge in [-0.1, -0.05) is 32.6 Å². The Morgan fingerprint density at radius 1 is 0.923 bits per heavy atom. The van der Waals surface area contributed by atoms with Crippen LogP contribution in [0.4, 0.5) is 11.4 Å². The number of unbranched alkanes of at least 4 members (excludes halogenated alkanes) is 4. The lowest BCUT2D eigenvalue weighted by Crippen LogP contribution is -2.21. The van der Waals surface area contributed by atoms with Crippen LogP contribution in [0.15, 0.2) is 48.5 Å². The molecule has 0 heterocycles. The highest BCUT2D eigenvalue weighted by Crippen LogP contribution is 2.16. The van der Waals surface area contributed by atoms with Crippen LogP contribution in [-0.2, 0) is 4.79 Å². The Morgan fingerprint density at radius 3 is 2.27 bits per heavy atom. The second kappa shape index (κ2) is 11.8. The van der Waals surface area contributed by atoms with Crippen molar-refractivity contribution in [3.63, 3.8) is 0 Å². The van der Waals surface area contributed by atoms with E-state index in [0.717, 1.165) is 30.2 Å². The third-order valence-corrected chi connectivity index (χ3v) is 4.67. The summed E-state index contributed by atoms with van der Waals surface area (Å²) in [6.45, 7) is 3.20. The van der Waals surface area contributed by atoms with Gasteiger partial charge in [-0.05, 0) is 77.5 Å². The van der Waals surface area contributed by atoms with Gasteiger partial charge in [0.25, 0.3) is 0 Å². The molecule has 0 radical (unpaired) electrons. The highest BCUT2D eigenvalue weighted by Gasteiger charge is 2.03. The molecule has 0 fully saturated rings. The van der Waals surface area contributed by atoms with E-state index in [-0.39, 0.29) is 12.5 Å². The highest BCUT2D eigenvalue weighted by atomic mass is 127. The fourth-order valence-electron chi connectivity index (χ4n) is 2.49. The maximum atomic E-state index is 12.0. The van der Waals surface area contributed by atoms with Crippen LogP contribution in [0.2, 0.25) is 0 Å². The summed E-state index contributed by atoms with van der Waals surface area (Å²) in [6, 6.07) is 15.5. The van der Waals surface area contributed by atoms with Crippen LogP contribution in [0.25, 0.3) is 0 Å². The van der Waals surface area contributed by atoms with Gasteiger partial charge in [-0.2, -0.15) is 0 Å². The molecule has 2 aromatic rings. The van der Waals surface area contributed by atoms with E-state index in [2.05, 4.69) is 40.1 Å². The minimum absolute atomic E-state index is 0.0758. The summed E-state index contributed by atoms with van der Waals surface area (Å²) in [7, 11) is 0. The molecular formula is C21H27IN2O2. The largest absolute Gasteiger partial charge is 0.494 e. The first-order chi connectivity index (χ1) is 12.7. The molecule has 0 bridgehead atoms. The predicted octanol–water partition coefficient (Wildman–Crippen LogP) is 5.69. The quantitative estimate of drug-likeness (QED) is 0.331. The number of benzene rings is 2. The topological polar surface area (TPSA) is 50.4 Å². The van der Waals surface area contributed by atoms with Crippen molar-refractivity contribution in [2.75, 3.05) is 23.8 Å². The Hall–Kier alpha value is -1.76. The zero-order chi connectivity index (χ0) is 18.6. The molecule has 0 atom stereocenters. The minimum atomic E-state index is -0.0758. The summed E-state index contributed by atoms with van der Waals surface area (Å²) < 4.78 is 6.90. The number of anilines is 2. The van der Waals surface area contributed by atoms with Gasteiger partial charge in [0.15, 0.2) is 0 Å². The number of nitrogens with one attached hydrogen (secondary N) is 2. The lowest BCUT2D eigenvalue weighted by atomic mass is 10.2. The van der Waals surface area contributed by atoms with E-state index >= 15 is 0 Å². The number of halogens is 1. The van der Waals surface area contributed by atoms with Crippen molar-refractivity contribution >= 4 is 39.9 Å². The number of hydrogen-bond acceptors (Lipinski definition) is 3. The number of carbonyl (C=O) groups is 1. The first-order valence-corrected chi connectivity index (χ1v) is 10.3. The zero-order valence-corrected chi connectivity index (χ0v) is 17.4. The van der Waals surface area contributed by atoms with Crippen molar-refractivity contribution in [1.29, 1.82) is 0 Å². The summed E-state index contributed by atoms with van der Waals surface area (Å²) in [5.74, 6) is 0.767. The van der Waals surface area contributed by atoms with E-state index in [1.54, 1.807) is 0 Å². The van der Waals surface area contributed by atoms with E-state index in [1.807, 2.05) is 48.5 Å². The minimum Gasteiger partial charge on any atom is -0.494 e. The molecule has 0 aliphatic rings. The number of ether oxygens (including phenoxy) is 1. The molecule has 0 aliphatic heterocycles. The third kappa shape index (κ3) is 8.08. The molecule has 2 N–H and O–H groups in total. The van der Waals surface area contributed by atoms with Crippen molar-refractivity contribution < 1.29 is 9.53 Å². The molecule has 0 aromatic heterocycles. The molecular weight excluding hydrogens is 439 g/mol. The summed E-state index contributed by atoms with van der Waals surface area (Å²) in [6.07, 6.45) is 6.14. The van der Waals surface area contributed by atoms with Gasteiger partial charge >= 0.3 is 0 Å². The maximum Gasteiger partial charge on any atom is 0.243 e. The second-order valence-electron chi connectivity index (χ2n) is 6.20. The molecule has 0 unspecified atom stereocenters. The van der Waals surface area contributed by atoms with Gasteiger partial charge in [0, 0.05) is 14.9 Å². The van der Waals surface area contributed by atoms with Gasteiger partial charge in [0.2, 0.25) is 5.91 Å². The first-order valence-electron chi connectivity index (χ1n) is 9.19. The Bertz CT molecular complexity index is 657. The molecule has 2 aromatic carbocycles. The van der Waals surface area contributed by atoms with Gasteiger partial charge in [0.1, 0.15) is 5.75 Å². The average molecular weight is 466 g/mol. The lowest BCUT2D eigenvalue weighted by Gasteiger charge is -2.09. The number of carbonyl (C=O) groups excluding carboxylic acids is 1. The van der Waals surface area contributed by atoms with Gasteiger partial charge < -0.3 is 15.4 Å². The molecule has 0 saturated carbocycles. The van der Waals surface area contributed by atoms with Crippen LogP contribution in [0.1, 0.15) is 39.0 Å². The molecule has 0 spiro atoms. The standard InChI is InChI=1S/C21H27IN2O2/c1-2-3-4-5-6-15-26-20-13-11-19(12-14-20)24-21(25)16-23-18-9-7-17(22)8-10-18/h7-14,23H,2-6,15-16H2,1H3,(H,24,25). The molecule has 1 amide bonds. The Balaban J connectivity index is 1.67. The predicted molar refractivity (Wildman–Crippen MR) is 117 cm³/mol. The average Bonchev–Trinajstić information content (AvgIpc) is 2.65. The van der Waals surface area contributed by atoms with Gasteiger partial charge in [-0.25, -0.2) is 0 Å². The summed E-state index contributed by atoms with van der Waals surface area (Å²) in [4.78, 5) is 12.0. The Labute approximate surface area is 169 Å². The fraction of sp³-hybridized carbons (Fsp3) is 0.381. The number of hydrogen-bond donors (Lipinski definition) is 2. The zero-order valence-electron chi connectivity index (χ0n) is 15.3. The summed E-state index contributed by atoms with van der Waals surface area (Å²) in [5, 5.41) is 5.99.